The summed E-state index contributed by atoms with van der Waals surface area (Å²) in [6.45, 7) is 6.19. The summed E-state index contributed by atoms with van der Waals surface area (Å²) in [5.41, 5.74) is 8.12. The van der Waals surface area contributed by atoms with Crippen molar-refractivity contribution < 1.29 is 14.3 Å². The molecule has 3 N–H and O–H groups in total. The fourth-order valence-corrected chi connectivity index (χ4v) is 3.73. The number of rotatable bonds is 8. The van der Waals surface area contributed by atoms with Crippen molar-refractivity contribution in [2.75, 3.05) is 5.32 Å². The molecule has 3 aromatic rings. The SMILES string of the molecule is CC(C)(C)OC(=O)c1ccc(NC(=O)C(N)Cc2ccc(-n3ccn(CC4CC4)c3=O)cc2)cc1. The average Bonchev–Trinajstić information content (AvgIpc) is 3.55. The summed E-state index contributed by atoms with van der Waals surface area (Å²) >= 11 is 0. The van der Waals surface area contributed by atoms with Crippen molar-refractivity contribution in [1.29, 1.82) is 0 Å². The molecule has 0 spiro atoms. The van der Waals surface area contributed by atoms with Crippen LogP contribution in [0.25, 0.3) is 5.69 Å². The van der Waals surface area contributed by atoms with E-state index in [0.717, 1.165) is 17.8 Å². The highest BCUT2D eigenvalue weighted by Crippen LogP contribution is 2.30. The van der Waals surface area contributed by atoms with Crippen LogP contribution in [0, 0.1) is 5.92 Å². The number of nitrogens with one attached hydrogen (secondary N) is 1. The first-order chi connectivity index (χ1) is 16.6. The van der Waals surface area contributed by atoms with Gasteiger partial charge >= 0.3 is 11.7 Å². The molecule has 1 aliphatic rings. The van der Waals surface area contributed by atoms with Gasteiger partial charge in [-0.3, -0.25) is 13.9 Å². The minimum absolute atomic E-state index is 0.0431. The van der Waals surface area contributed by atoms with Gasteiger partial charge in [0, 0.05) is 24.6 Å². The van der Waals surface area contributed by atoms with E-state index < -0.39 is 17.6 Å². The molecule has 1 amide bonds. The topological polar surface area (TPSA) is 108 Å². The highest BCUT2D eigenvalue weighted by Gasteiger charge is 2.23. The van der Waals surface area contributed by atoms with Gasteiger partial charge in [0.05, 0.1) is 17.3 Å². The number of carbonyl (C=O) groups excluding carboxylic acids is 2. The minimum atomic E-state index is -0.756. The maximum atomic E-state index is 12.6. The van der Waals surface area contributed by atoms with Gasteiger partial charge in [-0.05, 0) is 87.9 Å². The van der Waals surface area contributed by atoms with Crippen LogP contribution >= 0.6 is 0 Å². The van der Waals surface area contributed by atoms with Crippen molar-refractivity contribution in [2.24, 2.45) is 11.7 Å². The maximum Gasteiger partial charge on any atom is 0.338 e. The van der Waals surface area contributed by atoms with Gasteiger partial charge in [0.1, 0.15) is 5.60 Å². The van der Waals surface area contributed by atoms with Crippen LogP contribution in [0.15, 0.2) is 65.7 Å². The van der Waals surface area contributed by atoms with Gasteiger partial charge in [-0.25, -0.2) is 9.59 Å². The van der Waals surface area contributed by atoms with E-state index in [2.05, 4.69) is 5.32 Å². The van der Waals surface area contributed by atoms with Crippen LogP contribution in [0.5, 0.6) is 0 Å². The third-order valence-electron chi connectivity index (χ3n) is 5.79. The van der Waals surface area contributed by atoms with E-state index in [-0.39, 0.29) is 11.6 Å². The molecule has 1 aromatic heterocycles. The molecule has 0 aliphatic heterocycles. The molecular formula is C27H32N4O4. The number of nitrogens with two attached hydrogens (primary N) is 1. The Hall–Kier alpha value is -3.65. The van der Waals surface area contributed by atoms with Crippen molar-refractivity contribution in [1.82, 2.24) is 9.13 Å². The number of imidazole rings is 1. The molecule has 8 nitrogen and oxygen atoms in total. The second-order valence-electron chi connectivity index (χ2n) is 10.1. The second-order valence-corrected chi connectivity index (χ2v) is 10.1. The zero-order valence-electron chi connectivity index (χ0n) is 20.4. The van der Waals surface area contributed by atoms with Crippen molar-refractivity contribution in [3.05, 3.63) is 82.5 Å². The van der Waals surface area contributed by atoms with Crippen LogP contribution in [0.3, 0.4) is 0 Å². The predicted molar refractivity (Wildman–Crippen MR) is 135 cm³/mol. The van der Waals surface area contributed by atoms with Crippen LogP contribution in [0.1, 0.15) is 49.5 Å². The van der Waals surface area contributed by atoms with Gasteiger partial charge in [-0.2, -0.15) is 0 Å². The standard InChI is InChI=1S/C27H32N4O4/c1-27(2,3)35-25(33)20-8-10-21(11-9-20)29-24(32)23(28)16-18-6-12-22(13-7-18)31-15-14-30(26(31)34)17-19-4-5-19/h6-15,19,23H,4-5,16-17,28H2,1-3H3,(H,29,32). The Kier molecular flexibility index (Phi) is 6.93. The predicted octanol–water partition coefficient (Wildman–Crippen LogP) is 3.51. The summed E-state index contributed by atoms with van der Waals surface area (Å²) in [6, 6.07) is 13.2. The van der Waals surface area contributed by atoms with Crippen molar-refractivity contribution in [2.45, 2.75) is 58.2 Å². The van der Waals surface area contributed by atoms with E-state index in [1.807, 2.05) is 30.5 Å². The highest BCUT2D eigenvalue weighted by atomic mass is 16.6. The van der Waals surface area contributed by atoms with Gasteiger partial charge in [0.2, 0.25) is 5.91 Å². The first-order valence-corrected chi connectivity index (χ1v) is 11.9. The summed E-state index contributed by atoms with van der Waals surface area (Å²) in [6.07, 6.45) is 6.34. The van der Waals surface area contributed by atoms with Crippen LogP contribution < -0.4 is 16.7 Å². The quantitative estimate of drug-likeness (QED) is 0.484. The molecule has 2 aromatic carbocycles. The largest absolute Gasteiger partial charge is 0.456 e. The first-order valence-electron chi connectivity index (χ1n) is 11.9. The number of nitrogens with zero attached hydrogens (tertiary/aromatic N) is 2. The number of carbonyl (C=O) groups is 2. The Morgan fingerprint density at radius 1 is 1.06 bits per heavy atom. The van der Waals surface area contributed by atoms with E-state index in [9.17, 15) is 14.4 Å². The lowest BCUT2D eigenvalue weighted by molar-refractivity contribution is -0.117. The smallest absolute Gasteiger partial charge is 0.338 e. The number of hydrogen-bond donors (Lipinski definition) is 2. The van der Waals surface area contributed by atoms with E-state index in [1.165, 1.54) is 12.8 Å². The average molecular weight is 477 g/mol. The number of anilines is 1. The van der Waals surface area contributed by atoms with E-state index in [0.29, 0.717) is 23.6 Å². The summed E-state index contributed by atoms with van der Waals surface area (Å²) in [5.74, 6) is -0.119. The van der Waals surface area contributed by atoms with Gasteiger partial charge in [-0.1, -0.05) is 12.1 Å². The Balaban J connectivity index is 1.32. The maximum absolute atomic E-state index is 12.6. The molecule has 1 unspecified atom stereocenters. The van der Waals surface area contributed by atoms with Crippen LogP contribution in [-0.4, -0.2) is 32.7 Å². The third kappa shape index (κ3) is 6.48. The monoisotopic (exact) mass is 476 g/mol. The lowest BCUT2D eigenvalue weighted by atomic mass is 10.1. The number of ether oxygens (including phenoxy) is 1. The normalized spacial score (nSPS) is 14.4. The fraction of sp³-hybridized carbons (Fsp3) is 0.370. The highest BCUT2D eigenvalue weighted by molar-refractivity contribution is 5.96. The van der Waals surface area contributed by atoms with Gasteiger partial charge < -0.3 is 15.8 Å². The van der Waals surface area contributed by atoms with Crippen LogP contribution in [0.4, 0.5) is 5.69 Å². The van der Waals surface area contributed by atoms with Gasteiger partial charge in [0.25, 0.3) is 0 Å². The van der Waals surface area contributed by atoms with Crippen LogP contribution in [-0.2, 0) is 22.5 Å². The zero-order chi connectivity index (χ0) is 25.2. The lowest BCUT2D eigenvalue weighted by Crippen LogP contribution is -2.37. The van der Waals surface area contributed by atoms with E-state index in [1.54, 1.807) is 60.4 Å². The minimum Gasteiger partial charge on any atom is -0.456 e. The molecule has 8 heteroatoms. The fourth-order valence-electron chi connectivity index (χ4n) is 3.73. The van der Waals surface area contributed by atoms with Crippen molar-refractivity contribution in [3.63, 3.8) is 0 Å². The zero-order valence-corrected chi connectivity index (χ0v) is 20.4. The van der Waals surface area contributed by atoms with Crippen LogP contribution in [0.2, 0.25) is 0 Å². The number of benzene rings is 2. The molecule has 4 rings (SSSR count). The number of aromatic nitrogens is 2. The molecule has 0 bridgehead atoms. The molecule has 1 saturated carbocycles. The third-order valence-corrected chi connectivity index (χ3v) is 5.79. The lowest BCUT2D eigenvalue weighted by Gasteiger charge is -2.19. The molecule has 1 aliphatic carbocycles. The molecule has 184 valence electrons. The molecule has 0 saturated heterocycles. The number of hydrogen-bond acceptors (Lipinski definition) is 5. The Labute approximate surface area is 204 Å². The molecular weight excluding hydrogens is 444 g/mol. The Morgan fingerprint density at radius 2 is 1.71 bits per heavy atom. The summed E-state index contributed by atoms with van der Waals surface area (Å²) in [7, 11) is 0. The molecule has 1 fully saturated rings. The molecule has 1 heterocycles. The second kappa shape index (κ2) is 9.92. The van der Waals surface area contributed by atoms with E-state index in [4.69, 9.17) is 10.5 Å². The van der Waals surface area contributed by atoms with E-state index >= 15 is 0 Å². The number of esters is 1. The van der Waals surface area contributed by atoms with Gasteiger partial charge in [-0.15, -0.1) is 0 Å². The van der Waals surface area contributed by atoms with Gasteiger partial charge in [0.15, 0.2) is 0 Å². The Bertz CT molecular complexity index is 1250. The molecule has 35 heavy (non-hydrogen) atoms. The molecule has 0 radical (unpaired) electrons. The van der Waals surface area contributed by atoms with Crippen molar-refractivity contribution in [3.8, 4) is 5.69 Å². The Morgan fingerprint density at radius 3 is 2.31 bits per heavy atom. The first kappa shape index (κ1) is 24.5. The number of amides is 1. The van der Waals surface area contributed by atoms with Crippen molar-refractivity contribution >= 4 is 17.6 Å². The summed E-state index contributed by atoms with van der Waals surface area (Å²) in [4.78, 5) is 37.3. The summed E-state index contributed by atoms with van der Waals surface area (Å²) < 4.78 is 8.73. The summed E-state index contributed by atoms with van der Waals surface area (Å²) in [5, 5.41) is 2.78. The molecule has 1 atom stereocenters.